The monoisotopic (exact) mass is 490 g/mol. The van der Waals surface area contributed by atoms with Gasteiger partial charge in [0.05, 0.1) is 30.0 Å². The van der Waals surface area contributed by atoms with Crippen molar-refractivity contribution >= 4 is 0 Å². The Kier molecular flexibility index (Phi) is 5.06. The second kappa shape index (κ2) is 7.05. The molecular formula is C30H50O5. The van der Waals surface area contributed by atoms with Gasteiger partial charge in [-0.3, -0.25) is 0 Å². The second-order valence-corrected chi connectivity index (χ2v) is 15.7. The van der Waals surface area contributed by atoms with Crippen molar-refractivity contribution < 1.29 is 25.2 Å². The third-order valence-corrected chi connectivity index (χ3v) is 13.9. The van der Waals surface area contributed by atoms with Crippen molar-refractivity contribution in [1.29, 1.82) is 0 Å². The Labute approximate surface area is 212 Å². The number of fused-ring (bicyclic) bond motifs is 4. The summed E-state index contributed by atoms with van der Waals surface area (Å²) in [7, 11) is 0. The van der Waals surface area contributed by atoms with Crippen molar-refractivity contribution in [3.63, 3.8) is 0 Å². The maximum Gasteiger partial charge on any atom is 0.108 e. The van der Waals surface area contributed by atoms with Gasteiger partial charge < -0.3 is 25.2 Å². The summed E-state index contributed by atoms with van der Waals surface area (Å²) in [6.45, 7) is 15.0. The van der Waals surface area contributed by atoms with Gasteiger partial charge in [0.1, 0.15) is 6.10 Å². The molecule has 5 aliphatic carbocycles. The molecule has 0 radical (unpaired) electrons. The highest BCUT2D eigenvalue weighted by Crippen LogP contribution is 2.89. The summed E-state index contributed by atoms with van der Waals surface area (Å²) in [5.41, 5.74) is -0.860. The summed E-state index contributed by atoms with van der Waals surface area (Å²) in [5, 5.41) is 44.4. The Morgan fingerprint density at radius 1 is 0.914 bits per heavy atom. The third kappa shape index (κ3) is 2.73. The summed E-state index contributed by atoms with van der Waals surface area (Å²) in [6, 6.07) is 0. The van der Waals surface area contributed by atoms with Crippen LogP contribution in [-0.2, 0) is 4.74 Å². The smallest absolute Gasteiger partial charge is 0.108 e. The molecule has 1 aliphatic heterocycles. The molecule has 0 amide bonds. The molecule has 2 spiro atoms. The third-order valence-electron chi connectivity index (χ3n) is 13.9. The van der Waals surface area contributed by atoms with E-state index in [2.05, 4.69) is 34.6 Å². The summed E-state index contributed by atoms with van der Waals surface area (Å²) in [4.78, 5) is 0. The van der Waals surface area contributed by atoms with Gasteiger partial charge in [-0.25, -0.2) is 0 Å². The van der Waals surface area contributed by atoms with Crippen LogP contribution in [0.2, 0.25) is 0 Å². The summed E-state index contributed by atoms with van der Waals surface area (Å²) < 4.78 is 6.59. The molecule has 35 heavy (non-hydrogen) atoms. The van der Waals surface area contributed by atoms with Crippen LogP contribution in [0.5, 0.6) is 0 Å². The predicted octanol–water partition coefficient (Wildman–Crippen LogP) is 4.29. The molecule has 1 heterocycles. The van der Waals surface area contributed by atoms with Crippen LogP contribution < -0.4 is 0 Å². The van der Waals surface area contributed by atoms with Gasteiger partial charge in [-0.1, -0.05) is 34.6 Å². The molecular weight excluding hydrogens is 440 g/mol. The topological polar surface area (TPSA) is 90.2 Å². The molecule has 5 saturated carbocycles. The van der Waals surface area contributed by atoms with Gasteiger partial charge in [-0.05, 0) is 111 Å². The van der Waals surface area contributed by atoms with Crippen molar-refractivity contribution in [2.75, 3.05) is 0 Å². The lowest BCUT2D eigenvalue weighted by Gasteiger charge is -2.63. The first kappa shape index (κ1) is 25.1. The number of hydrogen-bond donors (Lipinski definition) is 4. The van der Waals surface area contributed by atoms with Gasteiger partial charge in [0.15, 0.2) is 0 Å². The van der Waals surface area contributed by atoms with Crippen molar-refractivity contribution in [2.24, 2.45) is 50.7 Å². The Morgan fingerprint density at radius 2 is 1.54 bits per heavy atom. The molecule has 1 saturated heterocycles. The fourth-order valence-electron chi connectivity index (χ4n) is 12.0. The molecule has 0 bridgehead atoms. The average Bonchev–Trinajstić information content (AvgIpc) is 3.40. The Hall–Kier alpha value is -0.200. The Bertz CT molecular complexity index is 896. The van der Waals surface area contributed by atoms with E-state index in [1.54, 1.807) is 13.8 Å². The van der Waals surface area contributed by atoms with Crippen LogP contribution in [0.15, 0.2) is 0 Å². The van der Waals surface area contributed by atoms with E-state index in [9.17, 15) is 20.4 Å². The van der Waals surface area contributed by atoms with Gasteiger partial charge >= 0.3 is 0 Å². The molecule has 13 atom stereocenters. The van der Waals surface area contributed by atoms with Crippen LogP contribution in [0.4, 0.5) is 0 Å². The first-order valence-electron chi connectivity index (χ1n) is 14.5. The molecule has 5 nitrogen and oxygen atoms in total. The van der Waals surface area contributed by atoms with Gasteiger partial charge in [-0.15, -0.1) is 0 Å². The van der Waals surface area contributed by atoms with Crippen LogP contribution in [0.1, 0.15) is 99.8 Å². The lowest BCUT2D eigenvalue weighted by Crippen LogP contribution is -2.59. The molecule has 6 fully saturated rings. The number of ether oxygens (including phenoxy) is 1. The Balaban J connectivity index is 1.36. The highest BCUT2D eigenvalue weighted by molar-refractivity contribution is 5.32. The number of aliphatic hydroxyl groups is 4. The standard InChI is InChI=1S/C30H50O5/c1-16-14-17(23(32)26(4,5)34)35-22-21(16)27(6)12-13-30-15-29(30)11-10-20(31)25(2,3)18(29)8-9-19(30)28(27,7)24(22)33/h16-24,31-34H,8-15H2,1-7H3/t16-,17-,18+,19+,20+,21+,22-,23+,24+,27-,28-,29-,30+/m1/s1. The zero-order chi connectivity index (χ0) is 25.6. The summed E-state index contributed by atoms with van der Waals surface area (Å²) in [6.07, 6.45) is 6.23. The average molecular weight is 491 g/mol. The lowest BCUT2D eigenvalue weighted by molar-refractivity contribution is -0.202. The molecule has 0 aromatic rings. The van der Waals surface area contributed by atoms with Crippen molar-refractivity contribution in [3.05, 3.63) is 0 Å². The van der Waals surface area contributed by atoms with E-state index in [-0.39, 0.29) is 34.4 Å². The molecule has 0 unspecified atom stereocenters. The zero-order valence-electron chi connectivity index (χ0n) is 23.1. The highest BCUT2D eigenvalue weighted by atomic mass is 16.5. The van der Waals surface area contributed by atoms with Gasteiger partial charge in [-0.2, -0.15) is 0 Å². The van der Waals surface area contributed by atoms with E-state index >= 15 is 0 Å². The molecule has 6 aliphatic rings. The zero-order valence-corrected chi connectivity index (χ0v) is 23.1. The van der Waals surface area contributed by atoms with E-state index in [0.29, 0.717) is 28.6 Å². The summed E-state index contributed by atoms with van der Waals surface area (Å²) in [5.74, 6) is 1.64. The van der Waals surface area contributed by atoms with E-state index in [0.717, 1.165) is 38.5 Å². The van der Waals surface area contributed by atoms with Crippen LogP contribution in [-0.4, -0.2) is 56.5 Å². The van der Waals surface area contributed by atoms with Crippen molar-refractivity contribution in [3.8, 4) is 0 Å². The minimum absolute atomic E-state index is 0.00259. The molecule has 6 rings (SSSR count). The largest absolute Gasteiger partial charge is 0.393 e. The number of rotatable bonds is 2. The van der Waals surface area contributed by atoms with E-state index in [1.807, 2.05) is 0 Å². The maximum atomic E-state index is 12.2. The van der Waals surface area contributed by atoms with Crippen molar-refractivity contribution in [1.82, 2.24) is 0 Å². The number of hydrogen-bond acceptors (Lipinski definition) is 5. The predicted molar refractivity (Wildman–Crippen MR) is 134 cm³/mol. The highest BCUT2D eigenvalue weighted by Gasteiger charge is 2.84. The molecule has 0 aromatic heterocycles. The van der Waals surface area contributed by atoms with Crippen LogP contribution in [0, 0.1) is 50.7 Å². The molecule has 200 valence electrons. The first-order chi connectivity index (χ1) is 16.1. The summed E-state index contributed by atoms with van der Waals surface area (Å²) >= 11 is 0. The van der Waals surface area contributed by atoms with Crippen LogP contribution in [0.25, 0.3) is 0 Å². The minimum Gasteiger partial charge on any atom is -0.393 e. The SMILES string of the molecule is C[C@@H]1C[C@H]([C@H](O)C(C)(C)O)O[C@@H]2[C@H]1[C@@]1(C)CC[C@@]34C[C@@]35CC[C@H](O)C(C)(C)[C@@H]5CC[C@H]4[C@]1(C)[C@H]2O. The van der Waals surface area contributed by atoms with Crippen molar-refractivity contribution in [2.45, 2.75) is 136 Å². The molecule has 4 N–H and O–H groups in total. The van der Waals surface area contributed by atoms with E-state index in [4.69, 9.17) is 4.74 Å². The maximum absolute atomic E-state index is 12.2. The van der Waals surface area contributed by atoms with Gasteiger partial charge in [0.2, 0.25) is 0 Å². The molecule has 5 heteroatoms. The van der Waals surface area contributed by atoms with E-state index in [1.165, 1.54) is 12.8 Å². The fourth-order valence-corrected chi connectivity index (χ4v) is 12.0. The fraction of sp³-hybridized carbons (Fsp3) is 1.00. The Morgan fingerprint density at radius 3 is 2.20 bits per heavy atom. The van der Waals surface area contributed by atoms with Crippen LogP contribution in [0.3, 0.4) is 0 Å². The number of aliphatic hydroxyl groups excluding tert-OH is 3. The minimum atomic E-state index is -1.23. The quantitative estimate of drug-likeness (QED) is 0.464. The van der Waals surface area contributed by atoms with Crippen LogP contribution >= 0.6 is 0 Å². The van der Waals surface area contributed by atoms with Gasteiger partial charge in [0.25, 0.3) is 0 Å². The molecule has 0 aromatic carbocycles. The van der Waals surface area contributed by atoms with Gasteiger partial charge in [0, 0.05) is 5.41 Å². The van der Waals surface area contributed by atoms with E-state index < -0.39 is 23.9 Å². The lowest BCUT2D eigenvalue weighted by atomic mass is 9.41. The second-order valence-electron chi connectivity index (χ2n) is 15.7. The normalized spacial score (nSPS) is 59.4. The first-order valence-corrected chi connectivity index (χ1v) is 14.5.